The molecule has 1 aliphatic rings. The van der Waals surface area contributed by atoms with Crippen molar-refractivity contribution in [2.24, 2.45) is 0 Å². The largest absolute Gasteiger partial charge is 0.362 e. The Hall–Kier alpha value is -1.07. The van der Waals surface area contributed by atoms with Gasteiger partial charge in [-0.25, -0.2) is 4.31 Å². The Morgan fingerprint density at radius 1 is 1.16 bits per heavy atom. The molecule has 0 radical (unpaired) electrons. The molecule has 0 bridgehead atoms. The molecule has 19 heavy (non-hydrogen) atoms. The molecule has 0 N–H and O–H groups in total. The molecule has 5 heteroatoms. The van der Waals surface area contributed by atoms with Crippen LogP contribution in [0.15, 0.2) is 30.3 Å². The first kappa shape index (κ1) is 14.3. The summed E-state index contributed by atoms with van der Waals surface area (Å²) in [4.78, 5) is 0. The second kappa shape index (κ2) is 6.39. The van der Waals surface area contributed by atoms with Crippen LogP contribution in [0.2, 0.25) is 0 Å². The lowest BCUT2D eigenvalue weighted by Gasteiger charge is -2.34. The summed E-state index contributed by atoms with van der Waals surface area (Å²) in [5.41, 5.74) is 0.697. The van der Waals surface area contributed by atoms with E-state index in [1.807, 2.05) is 30.3 Å². The minimum absolute atomic E-state index is 0.0210. The lowest BCUT2D eigenvalue weighted by atomic mass is 9.95. The fourth-order valence-corrected chi connectivity index (χ4v) is 3.99. The molecule has 0 unspecified atom stereocenters. The third-order valence-electron chi connectivity index (χ3n) is 3.42. The van der Waals surface area contributed by atoms with Crippen LogP contribution < -0.4 is 4.31 Å². The Morgan fingerprint density at radius 2 is 1.79 bits per heavy atom. The first-order valence-electron chi connectivity index (χ1n) is 6.89. The molecule has 2 rings (SSSR count). The summed E-state index contributed by atoms with van der Waals surface area (Å²) in [6, 6.07) is 9.26. The van der Waals surface area contributed by atoms with Crippen LogP contribution in [0.3, 0.4) is 0 Å². The molecular formula is C14H21NO3S. The van der Waals surface area contributed by atoms with E-state index < -0.39 is 10.3 Å². The second-order valence-electron chi connectivity index (χ2n) is 4.79. The monoisotopic (exact) mass is 283 g/mol. The van der Waals surface area contributed by atoms with Gasteiger partial charge in [0.2, 0.25) is 0 Å². The highest BCUT2D eigenvalue weighted by Crippen LogP contribution is 2.30. The van der Waals surface area contributed by atoms with Crippen LogP contribution in [0.1, 0.15) is 39.0 Å². The Morgan fingerprint density at radius 3 is 2.37 bits per heavy atom. The van der Waals surface area contributed by atoms with E-state index in [4.69, 9.17) is 4.18 Å². The highest BCUT2D eigenvalue weighted by atomic mass is 32.2. The standard InChI is InChI=1S/C14H21NO3S/c1-2-18-19(16,17)15(13-9-5-3-6-10-13)14-11-7-4-8-12-14/h3,5-6,9-10,14H,2,4,7-8,11-12H2,1H3. The van der Waals surface area contributed by atoms with E-state index in [2.05, 4.69) is 0 Å². The summed E-state index contributed by atoms with van der Waals surface area (Å²) in [5, 5.41) is 0. The molecule has 1 aromatic carbocycles. The van der Waals surface area contributed by atoms with Crippen LogP contribution >= 0.6 is 0 Å². The van der Waals surface area contributed by atoms with Crippen LogP contribution in [-0.2, 0) is 14.5 Å². The molecule has 4 nitrogen and oxygen atoms in total. The van der Waals surface area contributed by atoms with Gasteiger partial charge < -0.3 is 0 Å². The lowest BCUT2D eigenvalue weighted by molar-refractivity contribution is 0.326. The van der Waals surface area contributed by atoms with Gasteiger partial charge in [0.25, 0.3) is 0 Å². The van der Waals surface area contributed by atoms with Crippen molar-refractivity contribution in [2.45, 2.75) is 45.1 Å². The van der Waals surface area contributed by atoms with E-state index in [0.717, 1.165) is 25.7 Å². The number of benzene rings is 1. The molecule has 0 amide bonds. The molecule has 1 fully saturated rings. The van der Waals surface area contributed by atoms with Crippen LogP contribution in [0.4, 0.5) is 5.69 Å². The summed E-state index contributed by atoms with van der Waals surface area (Å²) in [7, 11) is -3.69. The Kier molecular flexibility index (Phi) is 4.82. The van der Waals surface area contributed by atoms with Crippen molar-refractivity contribution in [3.8, 4) is 0 Å². The van der Waals surface area contributed by atoms with Gasteiger partial charge in [0.1, 0.15) is 0 Å². The fourth-order valence-electron chi connectivity index (χ4n) is 2.62. The summed E-state index contributed by atoms with van der Waals surface area (Å²) in [5.74, 6) is 0. The zero-order valence-corrected chi connectivity index (χ0v) is 12.1. The van der Waals surface area contributed by atoms with E-state index in [1.54, 1.807) is 6.92 Å². The number of rotatable bonds is 5. The summed E-state index contributed by atoms with van der Waals surface area (Å²) in [6.07, 6.45) is 5.15. The van der Waals surface area contributed by atoms with Crippen molar-refractivity contribution in [3.63, 3.8) is 0 Å². The molecular weight excluding hydrogens is 262 g/mol. The van der Waals surface area contributed by atoms with Crippen LogP contribution in [0.25, 0.3) is 0 Å². The number of hydrogen-bond acceptors (Lipinski definition) is 3. The van der Waals surface area contributed by atoms with E-state index in [0.29, 0.717) is 5.69 Å². The average molecular weight is 283 g/mol. The lowest BCUT2D eigenvalue weighted by Crippen LogP contribution is -2.42. The van der Waals surface area contributed by atoms with E-state index in [9.17, 15) is 8.42 Å². The molecule has 0 saturated heterocycles. The molecule has 0 atom stereocenters. The first-order valence-corrected chi connectivity index (χ1v) is 8.25. The first-order chi connectivity index (χ1) is 9.15. The zero-order chi connectivity index (χ0) is 13.7. The van der Waals surface area contributed by atoms with Crippen LogP contribution in [0, 0.1) is 0 Å². The number of para-hydroxylation sites is 1. The average Bonchev–Trinajstić information content (AvgIpc) is 2.41. The smallest absolute Gasteiger partial charge is 0.254 e. The van der Waals surface area contributed by atoms with Crippen LogP contribution in [0.5, 0.6) is 0 Å². The second-order valence-corrected chi connectivity index (χ2v) is 6.27. The van der Waals surface area contributed by atoms with E-state index >= 15 is 0 Å². The Balaban J connectivity index is 2.33. The number of hydrogen-bond donors (Lipinski definition) is 0. The molecule has 0 aliphatic heterocycles. The normalized spacial score (nSPS) is 17.3. The summed E-state index contributed by atoms with van der Waals surface area (Å²) >= 11 is 0. The molecule has 0 heterocycles. The Bertz CT molecular complexity index is 481. The minimum Gasteiger partial charge on any atom is -0.254 e. The number of nitrogens with zero attached hydrogens (tertiary/aromatic N) is 1. The number of anilines is 1. The van der Waals surface area contributed by atoms with E-state index in [1.165, 1.54) is 10.7 Å². The van der Waals surface area contributed by atoms with Crippen molar-refractivity contribution in [3.05, 3.63) is 30.3 Å². The predicted octanol–water partition coefficient (Wildman–Crippen LogP) is 3.11. The third kappa shape index (κ3) is 3.48. The minimum atomic E-state index is -3.69. The third-order valence-corrected chi connectivity index (χ3v) is 4.95. The van der Waals surface area contributed by atoms with Gasteiger partial charge >= 0.3 is 10.3 Å². The van der Waals surface area contributed by atoms with Crippen molar-refractivity contribution in [2.75, 3.05) is 10.9 Å². The molecule has 1 saturated carbocycles. The van der Waals surface area contributed by atoms with Gasteiger partial charge in [-0.2, -0.15) is 8.42 Å². The van der Waals surface area contributed by atoms with Crippen LogP contribution in [-0.4, -0.2) is 21.1 Å². The molecule has 1 aliphatic carbocycles. The maximum atomic E-state index is 12.3. The van der Waals surface area contributed by atoms with E-state index in [-0.39, 0.29) is 12.6 Å². The molecule has 0 aromatic heterocycles. The maximum absolute atomic E-state index is 12.3. The zero-order valence-electron chi connectivity index (χ0n) is 11.3. The fraction of sp³-hybridized carbons (Fsp3) is 0.571. The molecule has 0 spiro atoms. The van der Waals surface area contributed by atoms with Crippen molar-refractivity contribution in [1.82, 2.24) is 0 Å². The SMILES string of the molecule is CCOS(=O)(=O)N(c1ccccc1)C1CCCCC1. The van der Waals surface area contributed by atoms with Gasteiger partial charge in [-0.3, -0.25) is 4.18 Å². The quantitative estimate of drug-likeness (QED) is 0.834. The van der Waals surface area contributed by atoms with Gasteiger partial charge in [0.15, 0.2) is 0 Å². The van der Waals surface area contributed by atoms with Gasteiger partial charge in [0.05, 0.1) is 12.3 Å². The highest BCUT2D eigenvalue weighted by molar-refractivity contribution is 7.88. The maximum Gasteiger partial charge on any atom is 0.362 e. The Labute approximate surface area is 115 Å². The van der Waals surface area contributed by atoms with Gasteiger partial charge in [-0.05, 0) is 31.9 Å². The van der Waals surface area contributed by atoms with Crippen molar-refractivity contribution >= 4 is 16.0 Å². The van der Waals surface area contributed by atoms with Gasteiger partial charge in [0, 0.05) is 6.04 Å². The summed E-state index contributed by atoms with van der Waals surface area (Å²) < 4.78 is 31.1. The molecule has 106 valence electrons. The topological polar surface area (TPSA) is 46.6 Å². The summed E-state index contributed by atoms with van der Waals surface area (Å²) in [6.45, 7) is 1.86. The van der Waals surface area contributed by atoms with Gasteiger partial charge in [-0.15, -0.1) is 0 Å². The van der Waals surface area contributed by atoms with Crippen molar-refractivity contribution < 1.29 is 12.6 Å². The highest BCUT2D eigenvalue weighted by Gasteiger charge is 2.31. The molecule has 1 aromatic rings. The predicted molar refractivity (Wildman–Crippen MR) is 76.3 cm³/mol. The van der Waals surface area contributed by atoms with Gasteiger partial charge in [-0.1, -0.05) is 37.5 Å². The van der Waals surface area contributed by atoms with Crippen molar-refractivity contribution in [1.29, 1.82) is 0 Å².